The fourth-order valence-corrected chi connectivity index (χ4v) is 7.07. The second kappa shape index (κ2) is 10.1. The number of amides is 2. The van der Waals surface area contributed by atoms with Crippen molar-refractivity contribution in [2.75, 3.05) is 25.6 Å². The minimum Gasteiger partial charge on any atom is -0.497 e. The quantitative estimate of drug-likeness (QED) is 0.369. The van der Waals surface area contributed by atoms with Crippen LogP contribution in [0.4, 0.5) is 5.69 Å². The minimum absolute atomic E-state index is 0.164. The minimum atomic E-state index is -1.26. The molecule has 7 atom stereocenters. The van der Waals surface area contributed by atoms with E-state index in [1.54, 1.807) is 50.4 Å². The predicted octanol–water partition coefficient (Wildman–Crippen LogP) is 2.68. The molecule has 3 unspecified atom stereocenters. The molecule has 0 saturated carbocycles. The molecule has 3 saturated heterocycles. The van der Waals surface area contributed by atoms with E-state index < -0.39 is 60.0 Å². The monoisotopic (exact) mass is 572 g/mol. The molecule has 3 heterocycles. The van der Waals surface area contributed by atoms with Crippen LogP contribution in [-0.4, -0.2) is 70.7 Å². The molecule has 0 radical (unpaired) electrons. The average Bonchev–Trinajstić information content (AvgIpc) is 3.49. The topological polar surface area (TPSA) is 114 Å². The molecular formula is C27H29BrN2O7. The summed E-state index contributed by atoms with van der Waals surface area (Å²) in [4.78, 5) is 42.3. The highest BCUT2D eigenvalue weighted by Gasteiger charge is 2.77. The fourth-order valence-electron chi connectivity index (χ4n) is 6.13. The lowest BCUT2D eigenvalue weighted by atomic mass is 9.70. The maximum absolute atomic E-state index is 14.1. The number of likely N-dealkylation sites (tertiary alicyclic amines) is 1. The maximum atomic E-state index is 14.1. The van der Waals surface area contributed by atoms with Gasteiger partial charge in [0, 0.05) is 10.5 Å². The van der Waals surface area contributed by atoms with Crippen molar-refractivity contribution < 1.29 is 33.7 Å². The Morgan fingerprint density at radius 3 is 2.54 bits per heavy atom. The first-order valence-electron chi connectivity index (χ1n) is 12.3. The third-order valence-corrected chi connectivity index (χ3v) is 8.43. The number of carbonyl (C=O) groups is 3. The van der Waals surface area contributed by atoms with Crippen LogP contribution in [0.3, 0.4) is 0 Å². The van der Waals surface area contributed by atoms with Crippen molar-refractivity contribution >= 4 is 39.4 Å². The van der Waals surface area contributed by atoms with Crippen LogP contribution in [0.15, 0.2) is 54.6 Å². The van der Waals surface area contributed by atoms with Crippen molar-refractivity contribution in [3.05, 3.63) is 60.2 Å². The normalized spacial score (nSPS) is 30.6. The first-order chi connectivity index (χ1) is 17.9. The number of hydrogen-bond donors (Lipinski definition) is 2. The van der Waals surface area contributed by atoms with Crippen LogP contribution in [-0.2, 0) is 23.9 Å². The van der Waals surface area contributed by atoms with E-state index in [1.165, 1.54) is 4.90 Å². The van der Waals surface area contributed by atoms with Gasteiger partial charge in [-0.15, -0.1) is 0 Å². The Morgan fingerprint density at radius 1 is 1.22 bits per heavy atom. The number of nitrogens with zero attached hydrogens (tertiary/aromatic N) is 1. The zero-order valence-electron chi connectivity index (χ0n) is 20.5. The molecule has 37 heavy (non-hydrogen) atoms. The molecule has 3 fully saturated rings. The number of anilines is 1. The van der Waals surface area contributed by atoms with Crippen LogP contribution in [0.1, 0.15) is 24.9 Å². The van der Waals surface area contributed by atoms with Gasteiger partial charge >= 0.3 is 5.97 Å². The zero-order chi connectivity index (χ0) is 26.3. The van der Waals surface area contributed by atoms with Gasteiger partial charge in [0.15, 0.2) is 0 Å². The van der Waals surface area contributed by atoms with E-state index in [1.807, 2.05) is 18.2 Å². The lowest BCUT2D eigenvalue weighted by Crippen LogP contribution is -2.54. The second-order valence-corrected chi connectivity index (χ2v) is 10.7. The molecule has 3 aliphatic heterocycles. The molecular weight excluding hydrogens is 544 g/mol. The van der Waals surface area contributed by atoms with E-state index in [-0.39, 0.29) is 11.4 Å². The predicted molar refractivity (Wildman–Crippen MR) is 137 cm³/mol. The van der Waals surface area contributed by atoms with Crippen LogP contribution in [0.25, 0.3) is 0 Å². The summed E-state index contributed by atoms with van der Waals surface area (Å²) in [5.74, 6) is -2.51. The van der Waals surface area contributed by atoms with Crippen LogP contribution in [0.2, 0.25) is 0 Å². The number of hydrogen-bond acceptors (Lipinski definition) is 7. The Hall–Kier alpha value is -2.95. The summed E-state index contributed by atoms with van der Waals surface area (Å²) in [5.41, 5.74) is -0.0654. The molecule has 5 rings (SSSR count). The number of carbonyl (C=O) groups excluding carboxylic acids is 3. The number of alkyl halides is 1. The molecule has 2 aromatic rings. The number of methoxy groups -OCH3 is 1. The van der Waals surface area contributed by atoms with E-state index in [9.17, 15) is 19.5 Å². The van der Waals surface area contributed by atoms with Gasteiger partial charge in [0.2, 0.25) is 11.8 Å². The first kappa shape index (κ1) is 25.7. The Balaban J connectivity index is 1.58. The molecule has 2 amide bonds. The van der Waals surface area contributed by atoms with Gasteiger partial charge in [-0.1, -0.05) is 46.3 Å². The first-order valence-corrected chi connectivity index (χ1v) is 13.2. The number of rotatable bonds is 8. The summed E-state index contributed by atoms with van der Waals surface area (Å²) >= 11 is 3.63. The Bertz CT molecular complexity index is 1180. The van der Waals surface area contributed by atoms with Crippen LogP contribution in [0.5, 0.6) is 5.75 Å². The Morgan fingerprint density at radius 2 is 1.92 bits per heavy atom. The molecule has 9 nitrogen and oxygen atoms in total. The maximum Gasteiger partial charge on any atom is 0.312 e. The number of nitrogens with one attached hydrogen (secondary N) is 1. The van der Waals surface area contributed by atoms with Gasteiger partial charge in [-0.05, 0) is 43.2 Å². The number of esters is 1. The summed E-state index contributed by atoms with van der Waals surface area (Å²) < 4.78 is 17.0. The van der Waals surface area contributed by atoms with Gasteiger partial charge in [-0.25, -0.2) is 0 Å². The SMILES string of the molecule is CCOC(=O)[C@H]1[C@H]2C(=O)N([C@H](CO)c3ccccc3)C(C(=O)Nc3ccc(OC)cc3)C23CC(Br)[C@@H]1O3. The molecule has 2 bridgehead atoms. The smallest absolute Gasteiger partial charge is 0.312 e. The summed E-state index contributed by atoms with van der Waals surface area (Å²) in [6.07, 6.45) is -0.246. The standard InChI is InChI=1S/C27H29BrN2O7/c1-3-36-26(34)20-21-25(33)30(19(14-31)15-7-5-4-6-8-15)23(27(21)13-18(28)22(20)37-27)24(32)29-16-9-11-17(35-2)12-10-16/h4-12,18-23,31H,3,13-14H2,1-2H3,(H,29,32)/t18?,19-,20+,21+,22+,23?,27?/m1/s1. The molecule has 2 N–H and O–H groups in total. The van der Waals surface area contributed by atoms with Crippen LogP contribution >= 0.6 is 15.9 Å². The van der Waals surface area contributed by atoms with E-state index in [2.05, 4.69) is 21.2 Å². The highest BCUT2D eigenvalue weighted by Crippen LogP contribution is 2.61. The van der Waals surface area contributed by atoms with Crippen molar-refractivity contribution in [3.8, 4) is 5.75 Å². The highest BCUT2D eigenvalue weighted by molar-refractivity contribution is 9.09. The third-order valence-electron chi connectivity index (χ3n) is 7.58. The fraction of sp³-hybridized carbons (Fsp3) is 0.444. The summed E-state index contributed by atoms with van der Waals surface area (Å²) in [5, 5.41) is 13.4. The molecule has 2 aromatic carbocycles. The molecule has 196 valence electrons. The van der Waals surface area contributed by atoms with Gasteiger partial charge < -0.3 is 29.5 Å². The van der Waals surface area contributed by atoms with E-state index in [4.69, 9.17) is 14.2 Å². The second-order valence-electron chi connectivity index (χ2n) is 9.49. The zero-order valence-corrected chi connectivity index (χ0v) is 22.1. The molecule has 3 aliphatic rings. The van der Waals surface area contributed by atoms with Gasteiger partial charge in [-0.2, -0.15) is 0 Å². The van der Waals surface area contributed by atoms with Crippen LogP contribution in [0, 0.1) is 11.8 Å². The summed E-state index contributed by atoms with van der Waals surface area (Å²) in [6.45, 7) is 1.46. The van der Waals surface area contributed by atoms with Crippen molar-refractivity contribution in [1.82, 2.24) is 4.90 Å². The van der Waals surface area contributed by atoms with Gasteiger partial charge in [0.25, 0.3) is 0 Å². The van der Waals surface area contributed by atoms with Gasteiger partial charge in [0.1, 0.15) is 17.4 Å². The van der Waals surface area contributed by atoms with Crippen LogP contribution < -0.4 is 10.1 Å². The number of fused-ring (bicyclic) bond motifs is 1. The van der Waals surface area contributed by atoms with E-state index >= 15 is 0 Å². The molecule has 1 spiro atoms. The highest BCUT2D eigenvalue weighted by atomic mass is 79.9. The van der Waals surface area contributed by atoms with Crippen molar-refractivity contribution in [2.24, 2.45) is 11.8 Å². The van der Waals surface area contributed by atoms with E-state index in [0.717, 1.165) is 0 Å². The lowest BCUT2D eigenvalue weighted by molar-refractivity contribution is -0.155. The average molecular weight is 573 g/mol. The number of aliphatic hydroxyl groups is 1. The van der Waals surface area contributed by atoms with E-state index in [0.29, 0.717) is 23.4 Å². The number of ether oxygens (including phenoxy) is 3. The number of aliphatic hydroxyl groups excluding tert-OH is 1. The van der Waals surface area contributed by atoms with Crippen molar-refractivity contribution in [3.63, 3.8) is 0 Å². The number of benzene rings is 2. The summed E-state index contributed by atoms with van der Waals surface area (Å²) in [7, 11) is 1.55. The molecule has 0 aliphatic carbocycles. The van der Waals surface area contributed by atoms with Crippen molar-refractivity contribution in [1.29, 1.82) is 0 Å². The molecule has 10 heteroatoms. The lowest BCUT2D eigenvalue weighted by Gasteiger charge is -2.37. The van der Waals surface area contributed by atoms with Gasteiger partial charge in [-0.3, -0.25) is 14.4 Å². The molecule has 0 aromatic heterocycles. The Labute approximate surface area is 223 Å². The third kappa shape index (κ3) is 4.11. The van der Waals surface area contributed by atoms with Gasteiger partial charge in [0.05, 0.1) is 44.3 Å². The largest absolute Gasteiger partial charge is 0.497 e. The van der Waals surface area contributed by atoms with Crippen molar-refractivity contribution in [2.45, 2.75) is 42.0 Å². The number of halogens is 1. The summed E-state index contributed by atoms with van der Waals surface area (Å²) in [6, 6.07) is 14.0. The Kier molecular flexibility index (Phi) is 6.99.